The number of aromatic hydroxyl groups is 2. The summed E-state index contributed by atoms with van der Waals surface area (Å²) in [5, 5.41) is 24.4. The zero-order valence-electron chi connectivity index (χ0n) is 29.7. The molecule has 3 N–H and O–H groups in total. The van der Waals surface area contributed by atoms with Crippen molar-refractivity contribution in [3.63, 3.8) is 0 Å². The van der Waals surface area contributed by atoms with Gasteiger partial charge in [-0.3, -0.25) is 29.5 Å². The zero-order chi connectivity index (χ0) is 37.3. The number of likely N-dealkylation sites (tertiary alicyclic amines) is 1. The summed E-state index contributed by atoms with van der Waals surface area (Å²) in [4.78, 5) is 60.4. The van der Waals surface area contributed by atoms with Gasteiger partial charge in [-0.15, -0.1) is 0 Å². The van der Waals surface area contributed by atoms with E-state index < -0.39 is 46.8 Å². The Morgan fingerprint density at radius 2 is 1.48 bits per heavy atom. The van der Waals surface area contributed by atoms with Gasteiger partial charge in [0, 0.05) is 18.0 Å². The number of rotatable bonds is 7. The molecule has 9 rings (SSSR count). The Labute approximate surface area is 312 Å². The van der Waals surface area contributed by atoms with E-state index >= 15 is 4.79 Å². The Kier molecular flexibility index (Phi) is 7.92. The number of hydrogen-bond acceptors (Lipinski definition) is 7. The van der Waals surface area contributed by atoms with E-state index in [9.17, 15) is 24.6 Å². The highest BCUT2D eigenvalue weighted by Gasteiger charge is 2.70. The minimum atomic E-state index is -1.49. The summed E-state index contributed by atoms with van der Waals surface area (Å²) < 4.78 is 0. The highest BCUT2D eigenvalue weighted by Crippen LogP contribution is 2.65. The minimum absolute atomic E-state index is 0.00836. The molecular weight excluding hydrogens is 679 g/mol. The van der Waals surface area contributed by atoms with Crippen LogP contribution in [0.4, 0.5) is 5.69 Å². The summed E-state index contributed by atoms with van der Waals surface area (Å²) in [5.41, 5.74) is 6.09. The van der Waals surface area contributed by atoms with E-state index in [1.54, 1.807) is 30.3 Å². The number of benzene rings is 5. The number of amides is 4. The molecule has 0 bridgehead atoms. The van der Waals surface area contributed by atoms with Crippen molar-refractivity contribution in [2.45, 2.75) is 37.5 Å². The van der Waals surface area contributed by atoms with Gasteiger partial charge >= 0.3 is 0 Å². The number of carbonyl (C=O) groups excluding carboxylic acids is 4. The molecule has 2 aliphatic heterocycles. The van der Waals surface area contributed by atoms with E-state index in [2.05, 4.69) is 5.43 Å². The van der Waals surface area contributed by atoms with Gasteiger partial charge in [0.2, 0.25) is 11.8 Å². The fraction of sp³-hybridized carbons (Fsp3) is 0.244. The number of hydrazine groups is 1. The van der Waals surface area contributed by atoms with Gasteiger partial charge in [0.15, 0.2) is 0 Å². The number of fused-ring (bicyclic) bond motifs is 5. The van der Waals surface area contributed by atoms with Crippen molar-refractivity contribution in [3.8, 4) is 11.5 Å². The van der Waals surface area contributed by atoms with Crippen molar-refractivity contribution >= 4 is 40.1 Å². The first-order valence-corrected chi connectivity index (χ1v) is 18.5. The van der Waals surface area contributed by atoms with Crippen LogP contribution in [0.2, 0.25) is 0 Å². The summed E-state index contributed by atoms with van der Waals surface area (Å²) in [6.45, 7) is 2.15. The van der Waals surface area contributed by atoms with Crippen molar-refractivity contribution in [1.29, 1.82) is 0 Å². The van der Waals surface area contributed by atoms with Crippen LogP contribution < -0.4 is 5.43 Å². The van der Waals surface area contributed by atoms with Crippen LogP contribution in [0, 0.1) is 30.6 Å². The van der Waals surface area contributed by atoms with Crippen LogP contribution in [0.5, 0.6) is 11.5 Å². The van der Waals surface area contributed by atoms with Gasteiger partial charge in [-0.2, -0.15) is 5.01 Å². The number of phenols is 2. The van der Waals surface area contributed by atoms with E-state index in [1.807, 2.05) is 97.9 Å². The average Bonchev–Trinajstić information content (AvgIpc) is 3.56. The topological polar surface area (TPSA) is 127 Å². The second kappa shape index (κ2) is 12.7. The summed E-state index contributed by atoms with van der Waals surface area (Å²) in [7, 11) is 0. The summed E-state index contributed by atoms with van der Waals surface area (Å²) in [6.07, 6.45) is 2.91. The molecule has 1 saturated carbocycles. The molecule has 4 aliphatic rings. The van der Waals surface area contributed by atoms with Gasteiger partial charge in [-0.05, 0) is 84.3 Å². The number of hydrogen-bond donors (Lipinski definition) is 3. The highest BCUT2D eigenvalue weighted by molar-refractivity contribution is 6.13. The molecule has 6 atom stereocenters. The molecule has 3 fully saturated rings. The Morgan fingerprint density at radius 3 is 2.24 bits per heavy atom. The lowest BCUT2D eigenvalue weighted by atomic mass is 9.48. The number of aryl methyl sites for hydroxylation is 1. The van der Waals surface area contributed by atoms with Crippen LogP contribution in [0.3, 0.4) is 0 Å². The smallest absolute Gasteiger partial charge is 0.260 e. The first kappa shape index (κ1) is 33.6. The number of imide groups is 2. The third-order valence-electron chi connectivity index (χ3n) is 12.3. The predicted molar refractivity (Wildman–Crippen MR) is 203 cm³/mol. The predicted octanol–water partition coefficient (Wildman–Crippen LogP) is 6.79. The van der Waals surface area contributed by atoms with E-state index in [1.165, 1.54) is 4.90 Å². The summed E-state index contributed by atoms with van der Waals surface area (Å²) >= 11 is 0. The molecular formula is C45H39N3O6. The Balaban J connectivity index is 1.21. The van der Waals surface area contributed by atoms with Crippen molar-refractivity contribution in [1.82, 2.24) is 9.91 Å². The molecule has 0 spiro atoms. The molecule has 54 heavy (non-hydrogen) atoms. The van der Waals surface area contributed by atoms with E-state index in [0.29, 0.717) is 29.7 Å². The third-order valence-corrected chi connectivity index (χ3v) is 12.3. The monoisotopic (exact) mass is 717 g/mol. The molecule has 6 unspecified atom stereocenters. The fourth-order valence-corrected chi connectivity index (χ4v) is 9.84. The quantitative estimate of drug-likeness (QED) is 0.125. The van der Waals surface area contributed by atoms with Crippen molar-refractivity contribution in [3.05, 3.63) is 149 Å². The third kappa shape index (κ3) is 4.98. The lowest BCUT2D eigenvalue weighted by Gasteiger charge is -2.51. The maximum Gasteiger partial charge on any atom is 0.260 e. The number of phenolic OH excluding ortho intramolecular Hbond substituents is 2. The summed E-state index contributed by atoms with van der Waals surface area (Å²) in [5.74, 6) is -4.89. The molecule has 2 saturated heterocycles. The van der Waals surface area contributed by atoms with Crippen molar-refractivity contribution in [2.24, 2.45) is 23.7 Å². The maximum atomic E-state index is 15.5. The minimum Gasteiger partial charge on any atom is -0.508 e. The second-order valence-corrected chi connectivity index (χ2v) is 15.1. The Bertz CT molecular complexity index is 2370. The van der Waals surface area contributed by atoms with Crippen molar-refractivity contribution < 1.29 is 29.4 Å². The van der Waals surface area contributed by atoms with Gasteiger partial charge in [0.1, 0.15) is 11.5 Å². The van der Waals surface area contributed by atoms with Gasteiger partial charge < -0.3 is 10.2 Å². The molecule has 5 aromatic rings. The molecule has 0 radical (unpaired) electrons. The Morgan fingerprint density at radius 1 is 0.759 bits per heavy atom. The molecule has 270 valence electrons. The zero-order valence-corrected chi connectivity index (χ0v) is 29.7. The van der Waals surface area contributed by atoms with E-state index in [-0.39, 0.29) is 36.3 Å². The number of allylic oxidation sites excluding steroid dienone is 2. The molecule has 9 heteroatoms. The van der Waals surface area contributed by atoms with E-state index in [4.69, 9.17) is 0 Å². The number of anilines is 1. The van der Waals surface area contributed by atoms with Gasteiger partial charge in [0.25, 0.3) is 11.8 Å². The van der Waals surface area contributed by atoms with Crippen LogP contribution in [-0.4, -0.2) is 50.3 Å². The summed E-state index contributed by atoms with van der Waals surface area (Å²) in [6, 6.07) is 34.7. The number of nitrogens with one attached hydrogen (secondary N) is 1. The molecule has 0 aromatic heterocycles. The van der Waals surface area contributed by atoms with Crippen LogP contribution in [0.15, 0.2) is 127 Å². The largest absolute Gasteiger partial charge is 0.508 e. The lowest BCUT2D eigenvalue weighted by molar-refractivity contribution is -0.141. The standard InChI is InChI=1S/C45H39N3O6/c1-26-11-16-30(17-12-26)46-48-42(52)36-25-35-33(20-21-34-38(35)43(53)47(41(34)51)24-23-27-13-18-31(49)19-14-27)40(45(36,44(48)54)29-8-3-2-4-9-29)39-32-10-6-5-7-28(32)15-22-37(39)50/h2-20,22,34-36,38,40,46,49-50H,21,23-25H2,1H3. The molecule has 4 amide bonds. The number of nitrogens with zero attached hydrogens (tertiary/aromatic N) is 2. The SMILES string of the molecule is Cc1ccc(NN2C(=O)C3CC4C(=CCC5C(=O)N(CCc6ccc(O)cc6)C(=O)C54)C(c4c(O)ccc5ccccc45)C3(c3ccccc3)C2=O)cc1. The maximum absolute atomic E-state index is 15.5. The van der Waals surface area contributed by atoms with Gasteiger partial charge in [0.05, 0.1) is 28.9 Å². The van der Waals surface area contributed by atoms with E-state index in [0.717, 1.165) is 32.5 Å². The molecule has 2 heterocycles. The van der Waals surface area contributed by atoms with Crippen LogP contribution in [-0.2, 0) is 31.0 Å². The van der Waals surface area contributed by atoms with Crippen LogP contribution in [0.1, 0.15) is 41.0 Å². The first-order chi connectivity index (χ1) is 26.2. The molecule has 2 aliphatic carbocycles. The lowest BCUT2D eigenvalue weighted by Crippen LogP contribution is -2.53. The Hall–Kier alpha value is -6.22. The molecule has 5 aromatic carbocycles. The normalized spacial score (nSPS) is 26.1. The average molecular weight is 718 g/mol. The first-order valence-electron chi connectivity index (χ1n) is 18.5. The molecule has 9 nitrogen and oxygen atoms in total. The van der Waals surface area contributed by atoms with Crippen LogP contribution in [0.25, 0.3) is 10.8 Å². The van der Waals surface area contributed by atoms with Gasteiger partial charge in [-0.1, -0.05) is 102 Å². The van der Waals surface area contributed by atoms with Crippen LogP contribution >= 0.6 is 0 Å². The van der Waals surface area contributed by atoms with Crippen molar-refractivity contribution in [2.75, 3.05) is 12.0 Å². The fourth-order valence-electron chi connectivity index (χ4n) is 9.84. The van der Waals surface area contributed by atoms with Gasteiger partial charge in [-0.25, -0.2) is 0 Å². The second-order valence-electron chi connectivity index (χ2n) is 15.1. The number of carbonyl (C=O) groups is 4. The highest BCUT2D eigenvalue weighted by atomic mass is 16.3.